The maximum Gasteiger partial charge on any atom is 0.321 e. The summed E-state index contributed by atoms with van der Waals surface area (Å²) in [5.74, 6) is 0.961. The fraction of sp³-hybridized carbons (Fsp3) is 0.429. The molecule has 2 aromatic rings. The zero-order valence-electron chi connectivity index (χ0n) is 16.3. The average molecular weight is 368 g/mol. The molecule has 1 aromatic heterocycles. The van der Waals surface area contributed by atoms with Crippen LogP contribution in [0.5, 0.6) is 0 Å². The lowest BCUT2D eigenvalue weighted by Crippen LogP contribution is -2.50. The molecule has 2 heterocycles. The Morgan fingerprint density at radius 3 is 2.33 bits per heavy atom. The van der Waals surface area contributed by atoms with Gasteiger partial charge in [0.25, 0.3) is 0 Å². The van der Waals surface area contributed by atoms with Crippen LogP contribution < -0.4 is 10.2 Å². The van der Waals surface area contributed by atoms with E-state index in [4.69, 9.17) is 0 Å². The van der Waals surface area contributed by atoms with Crippen LogP contribution >= 0.6 is 0 Å². The summed E-state index contributed by atoms with van der Waals surface area (Å²) in [4.78, 5) is 21.0. The second-order valence-corrected chi connectivity index (χ2v) is 7.72. The molecule has 6 nitrogen and oxygen atoms in total. The highest BCUT2D eigenvalue weighted by Gasteiger charge is 2.22. The van der Waals surface area contributed by atoms with Crippen LogP contribution in [0, 0.1) is 6.92 Å². The number of carbonyl (C=O) groups is 1. The van der Waals surface area contributed by atoms with E-state index in [0.29, 0.717) is 13.1 Å². The molecule has 0 atom stereocenters. The smallest absolute Gasteiger partial charge is 0.321 e. The Bertz CT molecular complexity index is 764. The van der Waals surface area contributed by atoms with Gasteiger partial charge in [-0.2, -0.15) is 0 Å². The number of benzene rings is 1. The zero-order chi connectivity index (χ0) is 19.4. The van der Waals surface area contributed by atoms with E-state index in [0.717, 1.165) is 35.7 Å². The Kier molecular flexibility index (Phi) is 5.65. The van der Waals surface area contributed by atoms with Gasteiger partial charge in [-0.3, -0.25) is 0 Å². The third kappa shape index (κ3) is 4.57. The number of aliphatic hydroxyl groups excluding tert-OH is 1. The van der Waals surface area contributed by atoms with Crippen molar-refractivity contribution in [3.8, 4) is 0 Å². The summed E-state index contributed by atoms with van der Waals surface area (Å²) in [5.41, 5.74) is 2.66. The third-order valence-electron chi connectivity index (χ3n) is 5.10. The molecule has 1 aliphatic rings. The molecule has 1 fully saturated rings. The number of aromatic nitrogens is 1. The number of aryl methyl sites for hydroxylation is 1. The van der Waals surface area contributed by atoms with E-state index in [9.17, 15) is 9.90 Å². The van der Waals surface area contributed by atoms with E-state index in [1.54, 1.807) is 0 Å². The van der Waals surface area contributed by atoms with Gasteiger partial charge >= 0.3 is 6.03 Å². The molecule has 1 aromatic carbocycles. The predicted molar refractivity (Wildman–Crippen MR) is 108 cm³/mol. The van der Waals surface area contributed by atoms with Crippen LogP contribution in [0.2, 0.25) is 0 Å². The van der Waals surface area contributed by atoms with Crippen LogP contribution in [0.3, 0.4) is 0 Å². The first-order valence-electron chi connectivity index (χ1n) is 9.34. The van der Waals surface area contributed by atoms with Crippen molar-refractivity contribution in [2.45, 2.75) is 26.2 Å². The van der Waals surface area contributed by atoms with Gasteiger partial charge in [0.2, 0.25) is 0 Å². The molecule has 0 spiro atoms. The van der Waals surface area contributed by atoms with Gasteiger partial charge < -0.3 is 20.2 Å². The average Bonchev–Trinajstić information content (AvgIpc) is 2.69. The highest BCUT2D eigenvalue weighted by atomic mass is 16.3. The molecule has 1 saturated heterocycles. The van der Waals surface area contributed by atoms with Crippen molar-refractivity contribution in [1.29, 1.82) is 0 Å². The van der Waals surface area contributed by atoms with Crippen LogP contribution in [0.1, 0.15) is 25.0 Å². The molecule has 2 N–H and O–H groups in total. The van der Waals surface area contributed by atoms with Gasteiger partial charge in [-0.05, 0) is 36.2 Å². The summed E-state index contributed by atoms with van der Waals surface area (Å²) in [6, 6.07) is 11.7. The minimum Gasteiger partial charge on any atom is -0.395 e. The lowest BCUT2D eigenvalue weighted by atomic mass is 9.86. The summed E-state index contributed by atoms with van der Waals surface area (Å²) in [6.07, 6.45) is 1.87. The largest absolute Gasteiger partial charge is 0.395 e. The Morgan fingerprint density at radius 2 is 1.78 bits per heavy atom. The van der Waals surface area contributed by atoms with Gasteiger partial charge in [0.05, 0.1) is 6.61 Å². The molecule has 2 amide bonds. The Balaban J connectivity index is 1.54. The normalized spacial score (nSPS) is 15.0. The first-order chi connectivity index (χ1) is 12.9. The number of rotatable bonds is 4. The highest BCUT2D eigenvalue weighted by Crippen LogP contribution is 2.24. The first kappa shape index (κ1) is 19.2. The van der Waals surface area contributed by atoms with Crippen molar-refractivity contribution in [1.82, 2.24) is 9.88 Å². The fourth-order valence-electron chi connectivity index (χ4n) is 3.08. The summed E-state index contributed by atoms with van der Waals surface area (Å²) in [6.45, 7) is 8.95. The number of hydrogen-bond acceptors (Lipinski definition) is 4. The van der Waals surface area contributed by atoms with Gasteiger partial charge in [-0.1, -0.05) is 32.0 Å². The van der Waals surface area contributed by atoms with E-state index in [1.165, 1.54) is 0 Å². The minimum absolute atomic E-state index is 0.0822. The van der Waals surface area contributed by atoms with Crippen LogP contribution in [0.25, 0.3) is 0 Å². The van der Waals surface area contributed by atoms with E-state index in [1.807, 2.05) is 62.2 Å². The number of nitrogens with zero attached hydrogens (tertiary/aromatic N) is 3. The molecule has 0 unspecified atom stereocenters. The van der Waals surface area contributed by atoms with Gasteiger partial charge in [-0.15, -0.1) is 0 Å². The molecule has 6 heteroatoms. The topological polar surface area (TPSA) is 68.7 Å². The van der Waals surface area contributed by atoms with Crippen LogP contribution in [-0.4, -0.2) is 53.8 Å². The molecule has 27 heavy (non-hydrogen) atoms. The standard InChI is InChI=1S/C21H28N4O2/c1-16-4-9-19(22-14-16)24-10-12-25(13-11-24)20(27)23-18-7-5-17(6-8-18)21(2,3)15-26/h4-9,14,26H,10-13,15H2,1-3H3,(H,23,27). The molecule has 0 bridgehead atoms. The molecule has 0 saturated carbocycles. The number of carbonyl (C=O) groups excluding carboxylic acids is 1. The van der Waals surface area contributed by atoms with Crippen LogP contribution in [0.4, 0.5) is 16.3 Å². The number of aliphatic hydroxyl groups is 1. The summed E-state index contributed by atoms with van der Waals surface area (Å²) >= 11 is 0. The number of urea groups is 1. The van der Waals surface area contributed by atoms with Crippen LogP contribution in [0.15, 0.2) is 42.6 Å². The minimum atomic E-state index is -0.289. The van der Waals surface area contributed by atoms with E-state index in [2.05, 4.69) is 21.3 Å². The van der Waals surface area contributed by atoms with Crippen molar-refractivity contribution in [2.75, 3.05) is 43.0 Å². The van der Waals surface area contributed by atoms with Gasteiger partial charge in [0, 0.05) is 43.5 Å². The number of pyridine rings is 1. The molecule has 0 radical (unpaired) electrons. The number of hydrogen-bond donors (Lipinski definition) is 2. The summed E-state index contributed by atoms with van der Waals surface area (Å²) in [7, 11) is 0. The van der Waals surface area contributed by atoms with Crippen molar-refractivity contribution < 1.29 is 9.90 Å². The summed E-state index contributed by atoms with van der Waals surface area (Å²) < 4.78 is 0. The molecule has 1 aliphatic heterocycles. The highest BCUT2D eigenvalue weighted by molar-refractivity contribution is 5.89. The Hall–Kier alpha value is -2.60. The van der Waals surface area contributed by atoms with Crippen molar-refractivity contribution in [2.24, 2.45) is 0 Å². The first-order valence-corrected chi connectivity index (χ1v) is 9.34. The lowest BCUT2D eigenvalue weighted by Gasteiger charge is -2.35. The maximum atomic E-state index is 12.5. The molecule has 144 valence electrons. The lowest BCUT2D eigenvalue weighted by molar-refractivity contribution is 0.208. The Morgan fingerprint density at radius 1 is 1.11 bits per heavy atom. The van der Waals surface area contributed by atoms with E-state index in [-0.39, 0.29) is 18.1 Å². The molecular formula is C21H28N4O2. The van der Waals surface area contributed by atoms with Crippen molar-refractivity contribution >= 4 is 17.5 Å². The Labute approximate surface area is 160 Å². The van der Waals surface area contributed by atoms with Crippen molar-refractivity contribution in [3.63, 3.8) is 0 Å². The predicted octanol–water partition coefficient (Wildman–Crippen LogP) is 3.01. The molecule has 3 rings (SSSR count). The van der Waals surface area contributed by atoms with Gasteiger partial charge in [0.1, 0.15) is 5.82 Å². The number of nitrogens with one attached hydrogen (secondary N) is 1. The van der Waals surface area contributed by atoms with Crippen LogP contribution in [-0.2, 0) is 5.41 Å². The second-order valence-electron chi connectivity index (χ2n) is 7.72. The number of anilines is 2. The van der Waals surface area contributed by atoms with E-state index < -0.39 is 0 Å². The van der Waals surface area contributed by atoms with Crippen molar-refractivity contribution in [3.05, 3.63) is 53.7 Å². The summed E-state index contributed by atoms with van der Waals surface area (Å²) in [5, 5.41) is 12.4. The third-order valence-corrected chi connectivity index (χ3v) is 5.10. The quantitative estimate of drug-likeness (QED) is 0.870. The number of piperazine rings is 1. The second kappa shape index (κ2) is 7.96. The zero-order valence-corrected chi connectivity index (χ0v) is 16.3. The maximum absolute atomic E-state index is 12.5. The van der Waals surface area contributed by atoms with Gasteiger partial charge in [0.15, 0.2) is 0 Å². The molecule has 0 aliphatic carbocycles. The monoisotopic (exact) mass is 368 g/mol. The fourth-order valence-corrected chi connectivity index (χ4v) is 3.08. The van der Waals surface area contributed by atoms with Gasteiger partial charge in [-0.25, -0.2) is 9.78 Å². The number of amides is 2. The SMILES string of the molecule is Cc1ccc(N2CCN(C(=O)Nc3ccc(C(C)(C)CO)cc3)CC2)nc1. The molecular weight excluding hydrogens is 340 g/mol. The van der Waals surface area contributed by atoms with E-state index >= 15 is 0 Å².